The first-order valence-corrected chi connectivity index (χ1v) is 14.3. The minimum atomic E-state index is -1.00. The average molecular weight is 606 g/mol. The SMILES string of the molecule is CC(C)(c1ccc(C(C)(c2cc(CO)c(O)c(CO)c2)c2cc(CO)c([OH2+])c(CO)c2)cc1)c1cc(CO)c(O)c(CO)c1. The van der Waals surface area contributed by atoms with E-state index < -0.39 is 37.3 Å². The van der Waals surface area contributed by atoms with E-state index in [0.29, 0.717) is 33.4 Å². The van der Waals surface area contributed by atoms with E-state index in [9.17, 15) is 40.9 Å². The molecule has 0 fully saturated rings. The van der Waals surface area contributed by atoms with Crippen LogP contribution in [0.15, 0.2) is 60.7 Å². The van der Waals surface area contributed by atoms with Crippen molar-refractivity contribution in [3.8, 4) is 17.2 Å². The van der Waals surface area contributed by atoms with E-state index >= 15 is 0 Å². The van der Waals surface area contributed by atoms with Crippen LogP contribution in [-0.4, -0.2) is 46.0 Å². The summed E-state index contributed by atoms with van der Waals surface area (Å²) in [6.07, 6.45) is 0. The molecule has 0 saturated carbocycles. The molecule has 9 heteroatoms. The van der Waals surface area contributed by atoms with Gasteiger partial charge in [-0.25, -0.2) is 0 Å². The molecule has 0 saturated heterocycles. The highest BCUT2D eigenvalue weighted by Crippen LogP contribution is 2.45. The smallest absolute Gasteiger partial charge is 0.265 e. The summed E-state index contributed by atoms with van der Waals surface area (Å²) in [6.45, 7) is 3.36. The summed E-state index contributed by atoms with van der Waals surface area (Å²) in [6, 6.07) is 17.9. The van der Waals surface area contributed by atoms with Crippen molar-refractivity contribution in [2.45, 2.75) is 71.2 Å². The van der Waals surface area contributed by atoms with E-state index in [2.05, 4.69) is 0 Å². The highest BCUT2D eigenvalue weighted by atomic mass is 16.3. The highest BCUT2D eigenvalue weighted by Gasteiger charge is 2.35. The standard InChI is InChI=1S/C35H40O9/c1-34(2,28-8-20(14-36)31(42)21(9-28)15-37)26-4-6-27(7-5-26)35(3,29-10-22(16-38)32(43)23(11-29)17-39)30-12-24(18-40)33(44)25(13-30)19-41/h4-13,36-44H,14-19H2,1-3H3/p+1. The maximum absolute atomic E-state index is 10.6. The molecular formula is C35H41O9+. The van der Waals surface area contributed by atoms with Crippen molar-refractivity contribution in [3.63, 3.8) is 0 Å². The van der Waals surface area contributed by atoms with E-state index in [1.165, 1.54) is 0 Å². The lowest BCUT2D eigenvalue weighted by Gasteiger charge is -2.34. The molecule has 0 spiro atoms. The van der Waals surface area contributed by atoms with Gasteiger partial charge in [0.05, 0.1) is 50.8 Å². The van der Waals surface area contributed by atoms with Gasteiger partial charge < -0.3 is 46.0 Å². The van der Waals surface area contributed by atoms with Crippen LogP contribution in [0.4, 0.5) is 0 Å². The fourth-order valence-corrected chi connectivity index (χ4v) is 5.84. The predicted octanol–water partition coefficient (Wildman–Crippen LogP) is 3.17. The largest absolute Gasteiger partial charge is 0.593 e. The van der Waals surface area contributed by atoms with Crippen molar-refractivity contribution in [2.24, 2.45) is 0 Å². The first-order chi connectivity index (χ1) is 20.9. The average Bonchev–Trinajstić information content (AvgIpc) is 3.04. The predicted molar refractivity (Wildman–Crippen MR) is 165 cm³/mol. The Labute approximate surface area is 256 Å². The van der Waals surface area contributed by atoms with Crippen molar-refractivity contribution in [2.75, 3.05) is 0 Å². The summed E-state index contributed by atoms with van der Waals surface area (Å²) in [4.78, 5) is 0. The number of hydrogen-bond acceptors (Lipinski definition) is 8. The zero-order valence-electron chi connectivity index (χ0n) is 25.1. The van der Waals surface area contributed by atoms with Crippen LogP contribution in [0.25, 0.3) is 0 Å². The molecule has 1 unspecified atom stereocenters. The van der Waals surface area contributed by atoms with Gasteiger partial charge in [-0.15, -0.1) is 0 Å². The molecule has 4 rings (SSSR count). The normalized spacial score (nSPS) is 13.2. The van der Waals surface area contributed by atoms with Gasteiger partial charge in [-0.2, -0.15) is 0 Å². The number of rotatable bonds is 11. The van der Waals surface area contributed by atoms with Crippen LogP contribution < -0.4 is 0 Å². The molecule has 4 aromatic rings. The van der Waals surface area contributed by atoms with Gasteiger partial charge in [-0.3, -0.25) is 0 Å². The Kier molecular flexibility index (Phi) is 9.70. The van der Waals surface area contributed by atoms with E-state index in [1.807, 2.05) is 45.0 Å². The molecule has 0 radical (unpaired) electrons. The molecule has 0 bridgehead atoms. The molecule has 44 heavy (non-hydrogen) atoms. The summed E-state index contributed by atoms with van der Waals surface area (Å²) in [7, 11) is 0. The molecule has 0 aliphatic rings. The molecule has 0 aliphatic carbocycles. The molecule has 4 aromatic carbocycles. The van der Waals surface area contributed by atoms with Crippen LogP contribution in [-0.2, 0) is 50.5 Å². The summed E-state index contributed by atoms with van der Waals surface area (Å²) >= 11 is 0. The van der Waals surface area contributed by atoms with Crippen LogP contribution in [0, 0.1) is 0 Å². The van der Waals surface area contributed by atoms with E-state index in [4.69, 9.17) is 5.11 Å². The molecule has 0 amide bonds. The van der Waals surface area contributed by atoms with Gasteiger partial charge in [0.2, 0.25) is 0 Å². The van der Waals surface area contributed by atoms with Gasteiger partial charge in [0, 0.05) is 33.1 Å². The van der Waals surface area contributed by atoms with Crippen molar-refractivity contribution >= 4 is 0 Å². The summed E-state index contributed by atoms with van der Waals surface area (Å²) < 4.78 is 0. The van der Waals surface area contributed by atoms with Crippen LogP contribution in [0.5, 0.6) is 17.2 Å². The zero-order valence-corrected chi connectivity index (χ0v) is 25.1. The van der Waals surface area contributed by atoms with Crippen molar-refractivity contribution in [3.05, 3.63) is 122 Å². The number of benzene rings is 4. The third kappa shape index (κ3) is 5.66. The fraction of sp³-hybridized carbons (Fsp3) is 0.314. The molecule has 10 N–H and O–H groups in total. The van der Waals surface area contributed by atoms with Crippen molar-refractivity contribution in [1.29, 1.82) is 0 Å². The number of phenols is 2. The molecule has 0 aromatic heterocycles. The Morgan fingerprint density at radius 3 is 1.09 bits per heavy atom. The summed E-state index contributed by atoms with van der Waals surface area (Å²) in [5, 5.41) is 89.1. The van der Waals surface area contributed by atoms with Crippen LogP contribution in [0.3, 0.4) is 0 Å². The monoisotopic (exact) mass is 605 g/mol. The van der Waals surface area contributed by atoms with Gasteiger partial charge in [0.25, 0.3) is 5.75 Å². The van der Waals surface area contributed by atoms with Crippen molar-refractivity contribution in [1.82, 2.24) is 0 Å². The molecule has 9 nitrogen and oxygen atoms in total. The van der Waals surface area contributed by atoms with Crippen molar-refractivity contribution < 1.29 is 46.0 Å². The van der Waals surface area contributed by atoms with Gasteiger partial charge in [0.15, 0.2) is 0 Å². The summed E-state index contributed by atoms with van der Waals surface area (Å²) in [5.74, 6) is -0.304. The maximum atomic E-state index is 10.6. The number of aliphatic hydroxyl groups is 6. The lowest BCUT2D eigenvalue weighted by Crippen LogP contribution is -2.27. The van der Waals surface area contributed by atoms with E-state index in [0.717, 1.165) is 16.7 Å². The fourth-order valence-electron chi connectivity index (χ4n) is 5.84. The highest BCUT2D eigenvalue weighted by molar-refractivity contribution is 5.58. The lowest BCUT2D eigenvalue weighted by atomic mass is 9.68. The zero-order chi connectivity index (χ0) is 32.4. The Bertz CT molecular complexity index is 1500. The topological polar surface area (TPSA) is 185 Å². The Balaban J connectivity index is 1.95. The first kappa shape index (κ1) is 32.9. The molecule has 0 aliphatic heterocycles. The number of hydrogen-bond donors (Lipinski definition) is 8. The number of aliphatic hydroxyl groups excluding tert-OH is 6. The molecule has 234 valence electrons. The minimum Gasteiger partial charge on any atom is -0.593 e. The molecular weight excluding hydrogens is 564 g/mol. The maximum Gasteiger partial charge on any atom is 0.265 e. The van der Waals surface area contributed by atoms with Gasteiger partial charge in [0.1, 0.15) is 11.5 Å². The van der Waals surface area contributed by atoms with Gasteiger partial charge in [-0.1, -0.05) is 38.1 Å². The van der Waals surface area contributed by atoms with Crippen LogP contribution >= 0.6 is 0 Å². The van der Waals surface area contributed by atoms with Gasteiger partial charge >= 0.3 is 0 Å². The first-order valence-electron chi connectivity index (χ1n) is 14.3. The Hall–Kier alpha value is -3.96. The summed E-state index contributed by atoms with van der Waals surface area (Å²) in [5.41, 5.74) is 3.84. The lowest BCUT2D eigenvalue weighted by molar-refractivity contribution is 0.262. The van der Waals surface area contributed by atoms with E-state index in [-0.39, 0.29) is 41.6 Å². The Morgan fingerprint density at radius 2 is 0.750 bits per heavy atom. The Morgan fingerprint density at radius 1 is 0.455 bits per heavy atom. The van der Waals surface area contributed by atoms with Gasteiger partial charge in [-0.05, 0) is 71.1 Å². The van der Waals surface area contributed by atoms with E-state index in [1.54, 1.807) is 36.4 Å². The number of aromatic hydroxyl groups is 2. The second kappa shape index (κ2) is 13.0. The van der Waals surface area contributed by atoms with Crippen LogP contribution in [0.2, 0.25) is 0 Å². The quantitative estimate of drug-likeness (QED) is 0.0946. The van der Waals surface area contributed by atoms with Crippen LogP contribution in [0.1, 0.15) is 82.0 Å². The third-order valence-electron chi connectivity index (χ3n) is 8.92. The second-order valence-corrected chi connectivity index (χ2v) is 11.7. The third-order valence-corrected chi connectivity index (χ3v) is 8.92. The molecule has 1 atom stereocenters. The minimum absolute atomic E-state index is 0.0365. The molecule has 0 heterocycles. The second-order valence-electron chi connectivity index (χ2n) is 11.7.